The Morgan fingerprint density at radius 2 is 1.70 bits per heavy atom. The summed E-state index contributed by atoms with van der Waals surface area (Å²) in [6.07, 6.45) is 0.307. The number of imidazole rings is 1. The Bertz CT molecular complexity index is 1210. The van der Waals surface area contributed by atoms with Gasteiger partial charge >= 0.3 is 5.69 Å². The maximum absolute atomic E-state index is 11.6. The number of hydrogen-bond acceptors (Lipinski definition) is 3. The van der Waals surface area contributed by atoms with Gasteiger partial charge in [-0.2, -0.15) is 5.26 Å². The molecule has 5 heteroatoms. The normalized spacial score (nSPS) is 10.7. The minimum atomic E-state index is -0.233. The van der Waals surface area contributed by atoms with Gasteiger partial charge in [-0.25, -0.2) is 4.79 Å². The molecule has 27 heavy (non-hydrogen) atoms. The van der Waals surface area contributed by atoms with E-state index < -0.39 is 0 Å². The number of ether oxygens (including phenoxy) is 1. The first-order chi connectivity index (χ1) is 13.2. The molecule has 3 aromatic carbocycles. The van der Waals surface area contributed by atoms with Crippen LogP contribution in [-0.4, -0.2) is 17.1 Å². The predicted octanol–water partition coefficient (Wildman–Crippen LogP) is 4.26. The molecule has 0 atom stereocenters. The van der Waals surface area contributed by atoms with E-state index in [2.05, 4.69) is 16.0 Å². The Kier molecular flexibility index (Phi) is 4.23. The standard InChI is InChI=1S/C22H17N3O2/c1-27-17-8-5-14(6-9-17)18-4-2-3-15(11-12-23)21(18)16-7-10-19-20(13-16)25-22(26)24-19/h2-10,13H,11H2,1H3,(H2,24,25,26). The number of H-pyrrole nitrogens is 2. The number of benzene rings is 3. The molecule has 0 radical (unpaired) electrons. The second kappa shape index (κ2) is 6.85. The van der Waals surface area contributed by atoms with E-state index in [1.807, 2.05) is 60.7 Å². The Morgan fingerprint density at radius 3 is 2.44 bits per heavy atom. The molecule has 0 saturated heterocycles. The van der Waals surface area contributed by atoms with E-state index in [-0.39, 0.29) is 5.69 Å². The van der Waals surface area contributed by atoms with Gasteiger partial charge in [0.1, 0.15) is 5.75 Å². The number of rotatable bonds is 4. The van der Waals surface area contributed by atoms with Crippen molar-refractivity contribution in [3.05, 3.63) is 76.7 Å². The van der Waals surface area contributed by atoms with Crippen molar-refractivity contribution in [2.24, 2.45) is 0 Å². The zero-order chi connectivity index (χ0) is 18.8. The third-order valence-corrected chi connectivity index (χ3v) is 4.63. The Hall–Kier alpha value is -3.78. The van der Waals surface area contributed by atoms with Crippen LogP contribution in [-0.2, 0) is 6.42 Å². The van der Waals surface area contributed by atoms with Gasteiger partial charge in [-0.15, -0.1) is 0 Å². The Balaban J connectivity index is 1.95. The molecule has 1 aromatic heterocycles. The summed E-state index contributed by atoms with van der Waals surface area (Å²) in [7, 11) is 1.64. The fourth-order valence-corrected chi connectivity index (χ4v) is 3.37. The number of nitriles is 1. The molecule has 4 aromatic rings. The Labute approximate surface area is 155 Å². The fourth-order valence-electron chi connectivity index (χ4n) is 3.37. The van der Waals surface area contributed by atoms with Crippen LogP contribution in [0.25, 0.3) is 33.3 Å². The van der Waals surface area contributed by atoms with Gasteiger partial charge in [0.25, 0.3) is 0 Å². The Morgan fingerprint density at radius 1 is 0.963 bits per heavy atom. The van der Waals surface area contributed by atoms with Gasteiger partial charge in [0.2, 0.25) is 0 Å². The molecule has 0 aliphatic heterocycles. The number of aromatic nitrogens is 2. The van der Waals surface area contributed by atoms with Crippen LogP contribution in [0.15, 0.2) is 65.5 Å². The van der Waals surface area contributed by atoms with Gasteiger partial charge in [0.15, 0.2) is 0 Å². The second-order valence-electron chi connectivity index (χ2n) is 6.24. The van der Waals surface area contributed by atoms with Crippen molar-refractivity contribution in [2.75, 3.05) is 7.11 Å². The first-order valence-corrected chi connectivity index (χ1v) is 8.55. The van der Waals surface area contributed by atoms with Crippen molar-refractivity contribution in [3.63, 3.8) is 0 Å². The quantitative estimate of drug-likeness (QED) is 0.574. The minimum Gasteiger partial charge on any atom is -0.497 e. The van der Waals surface area contributed by atoms with E-state index in [1.165, 1.54) is 0 Å². The SMILES string of the molecule is COc1ccc(-c2cccc(CC#N)c2-c2ccc3[nH]c(=O)[nH]c3c2)cc1. The summed E-state index contributed by atoms with van der Waals surface area (Å²) in [4.78, 5) is 17.1. The maximum Gasteiger partial charge on any atom is 0.323 e. The average Bonchev–Trinajstić information content (AvgIpc) is 3.07. The highest BCUT2D eigenvalue weighted by Gasteiger charge is 2.13. The molecule has 0 saturated carbocycles. The van der Waals surface area contributed by atoms with Gasteiger partial charge in [-0.1, -0.05) is 36.4 Å². The molecule has 0 aliphatic carbocycles. The van der Waals surface area contributed by atoms with E-state index in [9.17, 15) is 10.1 Å². The number of nitrogens with zero attached hydrogens (tertiary/aromatic N) is 1. The van der Waals surface area contributed by atoms with Gasteiger partial charge in [-0.3, -0.25) is 0 Å². The number of methoxy groups -OCH3 is 1. The minimum absolute atomic E-state index is 0.233. The number of hydrogen-bond donors (Lipinski definition) is 2. The number of aromatic amines is 2. The van der Waals surface area contributed by atoms with Crippen molar-refractivity contribution in [1.29, 1.82) is 5.26 Å². The summed E-state index contributed by atoms with van der Waals surface area (Å²) in [6.45, 7) is 0. The van der Waals surface area contributed by atoms with E-state index in [4.69, 9.17) is 4.74 Å². The van der Waals surface area contributed by atoms with Crippen molar-refractivity contribution in [2.45, 2.75) is 6.42 Å². The largest absolute Gasteiger partial charge is 0.497 e. The van der Waals surface area contributed by atoms with E-state index in [1.54, 1.807) is 7.11 Å². The van der Waals surface area contributed by atoms with Crippen LogP contribution in [0.5, 0.6) is 5.75 Å². The van der Waals surface area contributed by atoms with Crippen molar-refractivity contribution in [1.82, 2.24) is 9.97 Å². The predicted molar refractivity (Wildman–Crippen MR) is 106 cm³/mol. The van der Waals surface area contributed by atoms with Crippen LogP contribution in [0.1, 0.15) is 5.56 Å². The van der Waals surface area contributed by atoms with Gasteiger partial charge in [0, 0.05) is 0 Å². The first-order valence-electron chi connectivity index (χ1n) is 8.55. The monoisotopic (exact) mass is 355 g/mol. The molecular formula is C22H17N3O2. The lowest BCUT2D eigenvalue weighted by Crippen LogP contribution is -1.99. The molecule has 0 bridgehead atoms. The highest BCUT2D eigenvalue weighted by Crippen LogP contribution is 2.36. The summed E-state index contributed by atoms with van der Waals surface area (Å²) in [5.74, 6) is 0.791. The highest BCUT2D eigenvalue weighted by molar-refractivity contribution is 5.90. The molecular weight excluding hydrogens is 338 g/mol. The van der Waals surface area contributed by atoms with Crippen LogP contribution in [0.2, 0.25) is 0 Å². The molecule has 5 nitrogen and oxygen atoms in total. The molecule has 0 unspecified atom stereocenters. The van der Waals surface area contributed by atoms with E-state index in [0.29, 0.717) is 6.42 Å². The van der Waals surface area contributed by atoms with E-state index in [0.717, 1.165) is 44.6 Å². The van der Waals surface area contributed by atoms with Crippen molar-refractivity contribution >= 4 is 11.0 Å². The summed E-state index contributed by atoms with van der Waals surface area (Å²) in [6, 6.07) is 21.9. The summed E-state index contributed by atoms with van der Waals surface area (Å²) in [5, 5.41) is 9.28. The number of fused-ring (bicyclic) bond motifs is 1. The van der Waals surface area contributed by atoms with E-state index >= 15 is 0 Å². The molecule has 0 spiro atoms. The summed E-state index contributed by atoms with van der Waals surface area (Å²) >= 11 is 0. The number of nitrogens with one attached hydrogen (secondary N) is 2. The lowest BCUT2D eigenvalue weighted by molar-refractivity contribution is 0.415. The zero-order valence-electron chi connectivity index (χ0n) is 14.7. The molecule has 132 valence electrons. The molecule has 2 N–H and O–H groups in total. The summed E-state index contributed by atoms with van der Waals surface area (Å²) < 4.78 is 5.25. The van der Waals surface area contributed by atoms with Crippen LogP contribution in [0, 0.1) is 11.3 Å². The third kappa shape index (κ3) is 3.09. The van der Waals surface area contributed by atoms with Crippen LogP contribution < -0.4 is 10.4 Å². The fraction of sp³-hybridized carbons (Fsp3) is 0.0909. The second-order valence-corrected chi connectivity index (χ2v) is 6.24. The van der Waals surface area contributed by atoms with Crippen LogP contribution in [0.3, 0.4) is 0 Å². The van der Waals surface area contributed by atoms with Gasteiger partial charge in [-0.05, 0) is 52.1 Å². The van der Waals surface area contributed by atoms with Crippen molar-refractivity contribution in [3.8, 4) is 34.1 Å². The zero-order valence-corrected chi connectivity index (χ0v) is 14.7. The van der Waals surface area contributed by atoms with Crippen LogP contribution in [0.4, 0.5) is 0 Å². The third-order valence-electron chi connectivity index (χ3n) is 4.63. The topological polar surface area (TPSA) is 81.7 Å². The molecule has 0 amide bonds. The maximum atomic E-state index is 11.6. The van der Waals surface area contributed by atoms with Crippen LogP contribution >= 0.6 is 0 Å². The lowest BCUT2D eigenvalue weighted by Gasteiger charge is -2.15. The average molecular weight is 355 g/mol. The molecule has 0 fully saturated rings. The van der Waals surface area contributed by atoms with Gasteiger partial charge in [0.05, 0.1) is 30.6 Å². The lowest BCUT2D eigenvalue weighted by atomic mass is 9.89. The first kappa shape index (κ1) is 16.7. The molecule has 4 rings (SSSR count). The summed E-state index contributed by atoms with van der Waals surface area (Å²) in [5.41, 5.74) is 6.22. The smallest absolute Gasteiger partial charge is 0.323 e. The molecule has 1 heterocycles. The van der Waals surface area contributed by atoms with Crippen molar-refractivity contribution < 1.29 is 4.74 Å². The van der Waals surface area contributed by atoms with Gasteiger partial charge < -0.3 is 14.7 Å². The molecule has 0 aliphatic rings. The highest BCUT2D eigenvalue weighted by atomic mass is 16.5.